The van der Waals surface area contributed by atoms with E-state index in [-0.39, 0.29) is 0 Å². The zero-order chi connectivity index (χ0) is 45.9. The average molecular weight is 976 g/mol. The summed E-state index contributed by atoms with van der Waals surface area (Å²) < 4.78 is 0. The first-order valence-electron chi connectivity index (χ1n) is 23.4. The van der Waals surface area contributed by atoms with Gasteiger partial charge in [-0.15, -0.1) is 74.6 Å². The molecule has 0 saturated carbocycles. The molecule has 0 nitrogen and oxygen atoms in total. The van der Waals surface area contributed by atoms with Crippen molar-refractivity contribution in [1.29, 1.82) is 0 Å². The van der Waals surface area contributed by atoms with Gasteiger partial charge in [0.25, 0.3) is 0 Å². The fraction of sp³-hybridized carbons (Fsp3) is 0.300. The van der Waals surface area contributed by atoms with E-state index in [0.29, 0.717) is 23.7 Å². The van der Waals surface area contributed by atoms with Crippen LogP contribution in [0, 0.1) is 6.07 Å². The predicted octanol–water partition coefficient (Wildman–Crippen LogP) is 17.3. The van der Waals surface area contributed by atoms with Crippen molar-refractivity contribution >= 4 is 58.5 Å². The van der Waals surface area contributed by atoms with E-state index in [9.17, 15) is 0 Å². The first-order valence-corrected chi connectivity index (χ1v) is 30.7. The Bertz CT molecular complexity index is 2560. The Morgan fingerprint density at radius 2 is 0.906 bits per heavy atom. The zero-order valence-corrected chi connectivity index (χ0v) is 44.6. The minimum Gasteiger partial charge on any atom is -0.184 e. The van der Waals surface area contributed by atoms with Gasteiger partial charge in [0.1, 0.15) is 0 Å². The maximum absolute atomic E-state index is 4.93. The standard InChI is InChI=1S/2C24H29.C12H7Si.2ClH.Zr/c2*1-6-9-18-14-19-12-13-21(17(4)5)24(23(19)15-18)22-11-8-7-10-20(22)16(2)3;1-3-7-11-9(5-1)10-6-2-4-8-12(10)13-11;;;/h2*7-8,10-17H,6,9H2,1-5H3;1-7H;2*1H;/q3*-1;;;+2/p-2. The van der Waals surface area contributed by atoms with Crippen molar-refractivity contribution in [3.8, 4) is 33.4 Å². The Balaban J connectivity index is 0.000000160. The second kappa shape index (κ2) is 23.6. The molecule has 0 aliphatic carbocycles. The monoisotopic (exact) mass is 973 g/mol. The minimum atomic E-state index is -0.826. The number of benzene rings is 6. The molecule has 0 aromatic heterocycles. The van der Waals surface area contributed by atoms with Gasteiger partial charge in [-0.05, 0) is 58.8 Å². The van der Waals surface area contributed by atoms with Crippen LogP contribution in [0.4, 0.5) is 0 Å². The molecule has 0 bridgehead atoms. The number of halogens is 2. The van der Waals surface area contributed by atoms with Crippen LogP contribution in [-0.4, -0.2) is 9.52 Å². The fourth-order valence-corrected chi connectivity index (χ4v) is 10.6. The van der Waals surface area contributed by atoms with Crippen molar-refractivity contribution in [2.75, 3.05) is 0 Å². The molecule has 0 unspecified atom stereocenters. The Kier molecular flexibility index (Phi) is 18.3. The molecule has 1 heterocycles. The van der Waals surface area contributed by atoms with Gasteiger partial charge in [-0.25, -0.2) is 0 Å². The maximum Gasteiger partial charge on any atom is 0.0920 e. The number of fused-ring (bicyclic) bond motifs is 5. The van der Waals surface area contributed by atoms with Gasteiger partial charge in [-0.2, -0.15) is 41.6 Å². The molecular weight excluding hydrogens is 911 g/mol. The summed E-state index contributed by atoms with van der Waals surface area (Å²) in [6.07, 6.45) is 4.73. The third-order valence-corrected chi connectivity index (χ3v) is 13.7. The quantitative estimate of drug-likeness (QED) is 0.0946. The summed E-state index contributed by atoms with van der Waals surface area (Å²) in [5, 5.41) is 8.45. The topological polar surface area (TPSA) is 0 Å². The molecule has 64 heavy (non-hydrogen) atoms. The SMILES string of the molecule is CCCc1cc2c(-c3ccccc3C(C)C)c(C(C)C)ccc2[cH-]1.CCCc1cc2c(-c3ccccc3C(C)C)c(C(C)C)ccc2[cH-]1.[Cl][Zr][Cl].[c-]1cccc2c1[Si]c1ccccc1-2. The second-order valence-electron chi connectivity index (χ2n) is 18.3. The van der Waals surface area contributed by atoms with Crippen molar-refractivity contribution < 1.29 is 20.8 Å². The van der Waals surface area contributed by atoms with Gasteiger partial charge >= 0.3 is 37.9 Å². The van der Waals surface area contributed by atoms with E-state index in [1.54, 1.807) is 0 Å². The molecule has 1 aliphatic rings. The van der Waals surface area contributed by atoms with Crippen LogP contribution in [0.1, 0.15) is 139 Å². The van der Waals surface area contributed by atoms with Crippen molar-refractivity contribution in [1.82, 2.24) is 0 Å². The summed E-state index contributed by atoms with van der Waals surface area (Å²) >= 11 is -0.826. The van der Waals surface area contributed by atoms with Gasteiger partial charge in [0.05, 0.1) is 9.52 Å². The Labute approximate surface area is 407 Å². The van der Waals surface area contributed by atoms with Crippen LogP contribution in [0.15, 0.2) is 140 Å². The second-order valence-corrected chi connectivity index (χ2v) is 23.3. The summed E-state index contributed by atoms with van der Waals surface area (Å²) in [6, 6.07) is 55.0. The Morgan fingerprint density at radius 1 is 0.500 bits per heavy atom. The van der Waals surface area contributed by atoms with Crippen molar-refractivity contribution in [3.63, 3.8) is 0 Å². The smallest absolute Gasteiger partial charge is 0.0920 e. The van der Waals surface area contributed by atoms with E-state index in [2.05, 4.69) is 209 Å². The van der Waals surface area contributed by atoms with Crippen LogP contribution in [0.2, 0.25) is 0 Å². The molecule has 8 aromatic carbocycles. The van der Waals surface area contributed by atoms with E-state index in [1.807, 2.05) is 6.07 Å². The van der Waals surface area contributed by atoms with Gasteiger partial charge in [0, 0.05) is 0 Å². The van der Waals surface area contributed by atoms with E-state index in [0.717, 1.165) is 22.4 Å². The molecule has 1 aliphatic heterocycles. The third kappa shape index (κ3) is 11.6. The first kappa shape index (κ1) is 49.6. The van der Waals surface area contributed by atoms with Crippen LogP contribution in [0.5, 0.6) is 0 Å². The van der Waals surface area contributed by atoms with Gasteiger partial charge in [-0.1, -0.05) is 188 Å². The molecule has 0 amide bonds. The normalized spacial score (nSPS) is 11.6. The van der Waals surface area contributed by atoms with E-state index in [4.69, 9.17) is 17.0 Å². The predicted molar refractivity (Wildman–Crippen MR) is 282 cm³/mol. The third-order valence-electron chi connectivity index (χ3n) is 12.3. The summed E-state index contributed by atoms with van der Waals surface area (Å²) in [6.45, 7) is 22.9. The maximum atomic E-state index is 4.93. The molecular formula is C60H65Cl2SiZr-3. The van der Waals surface area contributed by atoms with Crippen molar-refractivity contribution in [2.45, 2.75) is 119 Å². The molecule has 4 heteroatoms. The molecule has 9 rings (SSSR count). The van der Waals surface area contributed by atoms with Gasteiger partial charge in [-0.3, -0.25) is 0 Å². The average Bonchev–Trinajstić information content (AvgIpc) is 4.01. The van der Waals surface area contributed by atoms with Crippen LogP contribution in [0.3, 0.4) is 0 Å². The molecule has 0 spiro atoms. The Morgan fingerprint density at radius 3 is 1.34 bits per heavy atom. The van der Waals surface area contributed by atoms with Crippen LogP contribution < -0.4 is 10.4 Å². The van der Waals surface area contributed by atoms with E-state index in [1.165, 1.54) is 112 Å². The van der Waals surface area contributed by atoms with Gasteiger partial charge < -0.3 is 0 Å². The first-order chi connectivity index (χ1) is 30.9. The summed E-state index contributed by atoms with van der Waals surface area (Å²) in [5.41, 5.74) is 17.3. The van der Waals surface area contributed by atoms with Crippen LogP contribution >= 0.6 is 17.0 Å². The van der Waals surface area contributed by atoms with Crippen LogP contribution in [0.25, 0.3) is 54.9 Å². The van der Waals surface area contributed by atoms with Crippen molar-refractivity contribution in [2.24, 2.45) is 0 Å². The molecule has 0 atom stereocenters. The van der Waals surface area contributed by atoms with Gasteiger partial charge in [0.15, 0.2) is 0 Å². The number of aryl methyl sites for hydroxylation is 2. The summed E-state index contributed by atoms with van der Waals surface area (Å²) in [4.78, 5) is 0. The molecule has 0 N–H and O–H groups in total. The fourth-order valence-electron chi connectivity index (χ4n) is 9.33. The number of hydrogen-bond acceptors (Lipinski definition) is 0. The van der Waals surface area contributed by atoms with E-state index < -0.39 is 20.8 Å². The summed E-state index contributed by atoms with van der Waals surface area (Å²) in [5.74, 6) is 2.10. The van der Waals surface area contributed by atoms with Crippen molar-refractivity contribution in [3.05, 3.63) is 179 Å². The van der Waals surface area contributed by atoms with Crippen LogP contribution in [-0.2, 0) is 33.7 Å². The minimum absolute atomic E-state index is 0.522. The molecule has 0 saturated heterocycles. The molecule has 8 aromatic rings. The molecule has 330 valence electrons. The Hall–Kier alpha value is -3.78. The van der Waals surface area contributed by atoms with Gasteiger partial charge in [0.2, 0.25) is 0 Å². The number of hydrogen-bond donors (Lipinski definition) is 0. The summed E-state index contributed by atoms with van der Waals surface area (Å²) in [7, 11) is 10.7. The molecule has 2 radical (unpaired) electrons. The largest absolute Gasteiger partial charge is 0.184 e. The molecule has 0 fully saturated rings. The zero-order valence-electron chi connectivity index (χ0n) is 39.7. The number of rotatable bonds is 10. The van der Waals surface area contributed by atoms with E-state index >= 15 is 0 Å².